The highest BCUT2D eigenvalue weighted by Gasteiger charge is 2.58. The molecule has 0 atom stereocenters. The largest absolute Gasteiger partial charge is 0.497 e. The third-order valence-electron chi connectivity index (χ3n) is 5.99. The molecule has 26 heavy (non-hydrogen) atoms. The molecule has 1 spiro atoms. The fourth-order valence-electron chi connectivity index (χ4n) is 4.08. The highest BCUT2D eigenvalue weighted by molar-refractivity contribution is 7.90. The van der Waals surface area contributed by atoms with Gasteiger partial charge in [-0.15, -0.1) is 0 Å². The molecule has 1 aliphatic heterocycles. The topological polar surface area (TPSA) is 75.7 Å². The van der Waals surface area contributed by atoms with Gasteiger partial charge in [0.2, 0.25) is 15.9 Å². The second kappa shape index (κ2) is 6.23. The molecule has 6 nitrogen and oxygen atoms in total. The first kappa shape index (κ1) is 17.8. The molecule has 0 bridgehead atoms. The van der Waals surface area contributed by atoms with Crippen LogP contribution in [0.2, 0.25) is 0 Å². The molecular formula is C19H26N2O4S. The molecule has 0 radical (unpaired) electrons. The molecule has 7 heteroatoms. The summed E-state index contributed by atoms with van der Waals surface area (Å²) in [6, 6.07) is 7.86. The number of carbonyl (C=O) groups excluding carboxylic acids is 1. The Balaban J connectivity index is 1.38. The minimum Gasteiger partial charge on any atom is -0.497 e. The minimum atomic E-state index is -3.33. The van der Waals surface area contributed by atoms with E-state index >= 15 is 0 Å². The summed E-state index contributed by atoms with van der Waals surface area (Å²) in [6.45, 7) is 0.407. The number of carbonyl (C=O) groups is 1. The molecule has 1 aromatic carbocycles. The Bertz CT molecular complexity index is 813. The van der Waals surface area contributed by atoms with Gasteiger partial charge in [0.1, 0.15) is 5.75 Å². The van der Waals surface area contributed by atoms with Crippen molar-refractivity contribution in [2.45, 2.75) is 55.2 Å². The zero-order valence-corrected chi connectivity index (χ0v) is 16.0. The third-order valence-corrected chi connectivity index (χ3v) is 8.69. The highest BCUT2D eigenvalue weighted by Crippen LogP contribution is 2.51. The lowest BCUT2D eigenvalue weighted by Gasteiger charge is -2.32. The summed E-state index contributed by atoms with van der Waals surface area (Å²) in [4.78, 5) is 12.6. The van der Waals surface area contributed by atoms with Crippen molar-refractivity contribution in [3.8, 4) is 5.75 Å². The summed E-state index contributed by atoms with van der Waals surface area (Å²) < 4.78 is 31.5. The van der Waals surface area contributed by atoms with E-state index in [2.05, 4.69) is 5.32 Å². The first-order valence-corrected chi connectivity index (χ1v) is 10.8. The van der Waals surface area contributed by atoms with Crippen LogP contribution in [0.15, 0.2) is 24.3 Å². The van der Waals surface area contributed by atoms with Crippen molar-refractivity contribution in [3.05, 3.63) is 29.8 Å². The van der Waals surface area contributed by atoms with E-state index in [4.69, 9.17) is 4.74 Å². The van der Waals surface area contributed by atoms with Crippen molar-refractivity contribution in [2.24, 2.45) is 0 Å². The Morgan fingerprint density at radius 3 is 2.65 bits per heavy atom. The zero-order chi connectivity index (χ0) is 18.4. The molecule has 4 rings (SSSR count). The smallest absolute Gasteiger partial charge is 0.235 e. The summed E-state index contributed by atoms with van der Waals surface area (Å²) in [7, 11) is -1.69. The molecule has 1 N–H and O–H groups in total. The van der Waals surface area contributed by atoms with Crippen molar-refractivity contribution in [3.63, 3.8) is 0 Å². The number of hydrogen-bond donors (Lipinski definition) is 1. The Morgan fingerprint density at radius 2 is 2.00 bits per heavy atom. The van der Waals surface area contributed by atoms with E-state index in [0.717, 1.165) is 56.3 Å². The third kappa shape index (κ3) is 3.22. The molecule has 2 aliphatic carbocycles. The zero-order valence-electron chi connectivity index (χ0n) is 15.2. The van der Waals surface area contributed by atoms with Crippen LogP contribution in [0.4, 0.5) is 0 Å². The van der Waals surface area contributed by atoms with Crippen LogP contribution in [0.3, 0.4) is 0 Å². The molecule has 2 saturated carbocycles. The fraction of sp³-hybridized carbons (Fsp3) is 0.632. The second-order valence-corrected chi connectivity index (χ2v) is 10.3. The molecule has 1 heterocycles. The van der Waals surface area contributed by atoms with E-state index in [1.807, 2.05) is 24.3 Å². The molecule has 1 aromatic rings. The van der Waals surface area contributed by atoms with Gasteiger partial charge >= 0.3 is 0 Å². The van der Waals surface area contributed by atoms with E-state index in [9.17, 15) is 13.2 Å². The van der Waals surface area contributed by atoms with E-state index in [-0.39, 0.29) is 18.0 Å². The Kier molecular flexibility index (Phi) is 4.27. The molecule has 1 saturated heterocycles. The van der Waals surface area contributed by atoms with Crippen LogP contribution in [0.25, 0.3) is 0 Å². The molecule has 3 fully saturated rings. The van der Waals surface area contributed by atoms with E-state index in [1.54, 1.807) is 7.11 Å². The predicted octanol–water partition coefficient (Wildman–Crippen LogP) is 1.84. The van der Waals surface area contributed by atoms with Gasteiger partial charge in [-0.05, 0) is 62.6 Å². The Morgan fingerprint density at radius 1 is 1.23 bits per heavy atom. The fourth-order valence-corrected chi connectivity index (χ4v) is 6.30. The molecular weight excluding hydrogens is 352 g/mol. The number of nitrogens with zero attached hydrogens (tertiary/aromatic N) is 1. The summed E-state index contributed by atoms with van der Waals surface area (Å²) >= 11 is 0. The quantitative estimate of drug-likeness (QED) is 0.820. The van der Waals surface area contributed by atoms with Crippen LogP contribution < -0.4 is 10.1 Å². The van der Waals surface area contributed by atoms with Crippen molar-refractivity contribution >= 4 is 15.9 Å². The normalized spacial score (nSPS) is 24.8. The van der Waals surface area contributed by atoms with Crippen LogP contribution in [0.5, 0.6) is 5.75 Å². The second-order valence-electron chi connectivity index (χ2n) is 7.98. The number of sulfonamides is 1. The highest BCUT2D eigenvalue weighted by atomic mass is 32.2. The predicted molar refractivity (Wildman–Crippen MR) is 98.5 cm³/mol. The van der Waals surface area contributed by atoms with Crippen LogP contribution in [0.1, 0.15) is 44.1 Å². The number of benzene rings is 1. The maximum atomic E-state index is 12.7. The van der Waals surface area contributed by atoms with Crippen LogP contribution in [0, 0.1) is 0 Å². The Labute approximate surface area is 155 Å². The van der Waals surface area contributed by atoms with Gasteiger partial charge in [-0.25, -0.2) is 8.42 Å². The van der Waals surface area contributed by atoms with Gasteiger partial charge in [0.15, 0.2) is 0 Å². The van der Waals surface area contributed by atoms with Crippen molar-refractivity contribution < 1.29 is 17.9 Å². The van der Waals surface area contributed by atoms with Crippen molar-refractivity contribution in [1.29, 1.82) is 0 Å². The molecule has 0 unspecified atom stereocenters. The first-order valence-electron chi connectivity index (χ1n) is 9.32. The lowest BCUT2D eigenvalue weighted by Crippen LogP contribution is -2.51. The van der Waals surface area contributed by atoms with Gasteiger partial charge in [-0.2, -0.15) is 4.31 Å². The van der Waals surface area contributed by atoms with Gasteiger partial charge < -0.3 is 10.1 Å². The standard InChI is InChI=1S/C19H26N2O4S/c1-25-16-5-2-4-15(12-16)13-18(7-8-18)20-17(22)14-21-11-3-6-19(9-10-19)26(21,23)24/h2,4-5,12H,3,6-11,13-14H2,1H3,(H,20,22). The SMILES string of the molecule is COc1cccc(CC2(NC(=O)CN3CCCC4(CC4)S3(=O)=O)CC2)c1. The van der Waals surface area contributed by atoms with Gasteiger partial charge in [-0.1, -0.05) is 12.1 Å². The number of nitrogens with one attached hydrogen (secondary N) is 1. The van der Waals surface area contributed by atoms with Gasteiger partial charge in [0.25, 0.3) is 0 Å². The van der Waals surface area contributed by atoms with Crippen molar-refractivity contribution in [1.82, 2.24) is 9.62 Å². The molecule has 0 aromatic heterocycles. The van der Waals surface area contributed by atoms with Crippen LogP contribution in [-0.4, -0.2) is 49.1 Å². The van der Waals surface area contributed by atoms with Crippen LogP contribution in [-0.2, 0) is 21.2 Å². The molecule has 1 amide bonds. The summed E-state index contributed by atoms with van der Waals surface area (Å²) in [6.07, 6.45) is 5.67. The average Bonchev–Trinajstić information content (AvgIpc) is 3.51. The van der Waals surface area contributed by atoms with Gasteiger partial charge in [0, 0.05) is 12.1 Å². The Hall–Kier alpha value is -1.60. The van der Waals surface area contributed by atoms with E-state index in [0.29, 0.717) is 6.54 Å². The van der Waals surface area contributed by atoms with E-state index in [1.165, 1.54) is 4.31 Å². The average molecular weight is 378 g/mol. The van der Waals surface area contributed by atoms with Gasteiger partial charge in [0.05, 0.1) is 18.4 Å². The van der Waals surface area contributed by atoms with E-state index < -0.39 is 14.8 Å². The summed E-state index contributed by atoms with van der Waals surface area (Å²) in [5, 5.41) is 3.10. The first-order chi connectivity index (χ1) is 12.4. The van der Waals surface area contributed by atoms with Crippen LogP contribution >= 0.6 is 0 Å². The lowest BCUT2D eigenvalue weighted by molar-refractivity contribution is -0.122. The number of amides is 1. The minimum absolute atomic E-state index is 0.0516. The number of hydrogen-bond acceptors (Lipinski definition) is 4. The van der Waals surface area contributed by atoms with Crippen molar-refractivity contribution in [2.75, 3.05) is 20.2 Å². The van der Waals surface area contributed by atoms with Gasteiger partial charge in [-0.3, -0.25) is 4.79 Å². The summed E-state index contributed by atoms with van der Waals surface area (Å²) in [5.74, 6) is 0.616. The maximum absolute atomic E-state index is 12.7. The summed E-state index contributed by atoms with van der Waals surface area (Å²) in [5.41, 5.74) is 0.880. The molecule has 3 aliphatic rings. The lowest BCUT2D eigenvalue weighted by atomic mass is 10.0. The number of ether oxygens (including phenoxy) is 1. The molecule has 142 valence electrons. The number of rotatable bonds is 6. The number of methoxy groups -OCH3 is 1. The maximum Gasteiger partial charge on any atom is 0.235 e. The monoisotopic (exact) mass is 378 g/mol.